The van der Waals surface area contributed by atoms with Gasteiger partial charge in [0.1, 0.15) is 5.82 Å². The molecule has 0 saturated carbocycles. The molecule has 0 bridgehead atoms. The van der Waals surface area contributed by atoms with Crippen molar-refractivity contribution in [1.82, 2.24) is 14.4 Å². The van der Waals surface area contributed by atoms with E-state index >= 15 is 0 Å². The second-order valence-electron chi connectivity index (χ2n) is 7.91. The lowest BCUT2D eigenvalue weighted by atomic mass is 9.81. The molecule has 0 radical (unpaired) electrons. The summed E-state index contributed by atoms with van der Waals surface area (Å²) >= 11 is 0. The Bertz CT molecular complexity index is 959. The molecule has 5 nitrogen and oxygen atoms in total. The highest BCUT2D eigenvalue weighted by atomic mass is 35.5. The third kappa shape index (κ3) is 2.57. The van der Waals surface area contributed by atoms with Crippen LogP contribution in [-0.2, 0) is 12.8 Å². The Kier molecular flexibility index (Phi) is 4.32. The summed E-state index contributed by atoms with van der Waals surface area (Å²) in [6, 6.07) is 8.32. The van der Waals surface area contributed by atoms with Crippen molar-refractivity contribution in [3.8, 4) is 0 Å². The van der Waals surface area contributed by atoms with E-state index in [0.29, 0.717) is 0 Å². The van der Waals surface area contributed by atoms with Gasteiger partial charge >= 0.3 is 0 Å². The maximum Gasteiger partial charge on any atom is 0.236 e. The van der Waals surface area contributed by atoms with Crippen LogP contribution < -0.4 is 4.90 Å². The molecular formula is C20H25ClN4O. The summed E-state index contributed by atoms with van der Waals surface area (Å²) in [5, 5.41) is 9.70. The first-order valence-corrected chi connectivity index (χ1v) is 9.33. The number of aliphatic hydroxyl groups excluding tert-OH is 1. The van der Waals surface area contributed by atoms with Crippen molar-refractivity contribution >= 4 is 35.0 Å². The number of fused-ring (bicyclic) bond motifs is 4. The summed E-state index contributed by atoms with van der Waals surface area (Å²) < 4.78 is 2.26. The number of imidazole rings is 1. The van der Waals surface area contributed by atoms with Gasteiger partial charge in [0, 0.05) is 25.3 Å². The highest BCUT2D eigenvalue weighted by Gasteiger charge is 2.33. The Morgan fingerprint density at radius 2 is 1.88 bits per heavy atom. The minimum atomic E-state index is 0. The summed E-state index contributed by atoms with van der Waals surface area (Å²) in [5.41, 5.74) is 4.85. The lowest BCUT2D eigenvalue weighted by molar-refractivity contribution is 0.114. The van der Waals surface area contributed by atoms with Crippen LogP contribution in [0.5, 0.6) is 0 Å². The Morgan fingerprint density at radius 1 is 1.12 bits per heavy atom. The highest BCUT2D eigenvalue weighted by molar-refractivity contribution is 5.85. The van der Waals surface area contributed by atoms with Crippen molar-refractivity contribution in [2.75, 3.05) is 24.6 Å². The Hall–Kier alpha value is -1.85. The molecule has 1 aliphatic carbocycles. The van der Waals surface area contributed by atoms with Gasteiger partial charge in [-0.1, -0.05) is 19.1 Å². The monoisotopic (exact) mass is 372 g/mol. The molecule has 26 heavy (non-hydrogen) atoms. The van der Waals surface area contributed by atoms with Gasteiger partial charge in [0.05, 0.1) is 16.7 Å². The van der Waals surface area contributed by atoms with Gasteiger partial charge in [-0.3, -0.25) is 4.40 Å². The normalized spacial score (nSPS) is 18.9. The van der Waals surface area contributed by atoms with Crippen molar-refractivity contribution in [2.45, 2.75) is 39.0 Å². The first-order valence-electron chi connectivity index (χ1n) is 9.33. The quantitative estimate of drug-likeness (QED) is 0.749. The van der Waals surface area contributed by atoms with Gasteiger partial charge in [-0.15, -0.1) is 12.4 Å². The zero-order valence-electron chi connectivity index (χ0n) is 15.1. The lowest BCUT2D eigenvalue weighted by Crippen LogP contribution is -2.41. The van der Waals surface area contributed by atoms with Gasteiger partial charge in [-0.05, 0) is 49.7 Å². The standard InChI is InChI=1S/C20H24N4O.ClH/c1-20(13-25)9-11-23(12-10-20)18-14-5-4-7-15(14)21-19-22-16-6-2-3-8-17(16)24(18)19;/h2-3,6,8,25H,4-5,7,9-13H2,1H3;1H. The van der Waals surface area contributed by atoms with Crippen molar-refractivity contribution in [3.63, 3.8) is 0 Å². The summed E-state index contributed by atoms with van der Waals surface area (Å²) in [4.78, 5) is 12.2. The number of para-hydroxylation sites is 2. The zero-order chi connectivity index (χ0) is 17.0. The zero-order valence-corrected chi connectivity index (χ0v) is 15.9. The van der Waals surface area contributed by atoms with Crippen LogP contribution in [0.4, 0.5) is 5.82 Å². The van der Waals surface area contributed by atoms with Crippen LogP contribution in [-0.4, -0.2) is 39.2 Å². The predicted molar refractivity (Wildman–Crippen MR) is 106 cm³/mol. The first-order chi connectivity index (χ1) is 12.2. The van der Waals surface area contributed by atoms with Gasteiger partial charge in [0.15, 0.2) is 0 Å². The topological polar surface area (TPSA) is 53.7 Å². The minimum Gasteiger partial charge on any atom is -0.396 e. The molecule has 138 valence electrons. The first kappa shape index (κ1) is 17.6. The van der Waals surface area contributed by atoms with Crippen LogP contribution in [0.25, 0.3) is 16.8 Å². The van der Waals surface area contributed by atoms with E-state index in [-0.39, 0.29) is 24.4 Å². The summed E-state index contributed by atoms with van der Waals surface area (Å²) in [7, 11) is 0. The number of anilines is 1. The number of aryl methyl sites for hydroxylation is 1. The number of halogens is 1. The molecule has 1 aliphatic heterocycles. The number of aromatic nitrogens is 3. The molecule has 0 atom stereocenters. The molecule has 1 saturated heterocycles. The van der Waals surface area contributed by atoms with Crippen LogP contribution >= 0.6 is 12.4 Å². The van der Waals surface area contributed by atoms with Crippen LogP contribution in [0.1, 0.15) is 37.4 Å². The van der Waals surface area contributed by atoms with E-state index < -0.39 is 0 Å². The number of hydrogen-bond donors (Lipinski definition) is 1. The Morgan fingerprint density at radius 3 is 2.65 bits per heavy atom. The molecule has 0 unspecified atom stereocenters. The fraction of sp³-hybridized carbons (Fsp3) is 0.500. The van der Waals surface area contributed by atoms with E-state index in [4.69, 9.17) is 9.97 Å². The van der Waals surface area contributed by atoms with Crippen molar-refractivity contribution in [1.29, 1.82) is 0 Å². The number of rotatable bonds is 2. The van der Waals surface area contributed by atoms with Gasteiger partial charge in [0.2, 0.25) is 5.78 Å². The SMILES string of the molecule is CC1(CO)CCN(c2c3c(nc4nc5ccccc5n24)CCC3)CC1.Cl. The molecule has 2 aromatic heterocycles. The van der Waals surface area contributed by atoms with Crippen LogP contribution in [0.15, 0.2) is 24.3 Å². The molecule has 3 aromatic rings. The van der Waals surface area contributed by atoms with Crippen LogP contribution in [0, 0.1) is 5.41 Å². The van der Waals surface area contributed by atoms with E-state index in [0.717, 1.165) is 55.6 Å². The summed E-state index contributed by atoms with van der Waals surface area (Å²) in [6.07, 6.45) is 5.39. The maximum absolute atomic E-state index is 9.70. The van der Waals surface area contributed by atoms with Gasteiger partial charge in [0.25, 0.3) is 0 Å². The molecule has 3 heterocycles. The van der Waals surface area contributed by atoms with E-state index in [1.54, 1.807) is 0 Å². The van der Waals surface area contributed by atoms with Crippen molar-refractivity contribution in [3.05, 3.63) is 35.5 Å². The number of piperidine rings is 1. The highest BCUT2D eigenvalue weighted by Crippen LogP contribution is 2.38. The minimum absolute atomic E-state index is 0. The second kappa shape index (κ2) is 6.39. The van der Waals surface area contributed by atoms with Crippen LogP contribution in [0.3, 0.4) is 0 Å². The van der Waals surface area contributed by atoms with Crippen molar-refractivity contribution in [2.24, 2.45) is 5.41 Å². The smallest absolute Gasteiger partial charge is 0.236 e. The second-order valence-corrected chi connectivity index (χ2v) is 7.91. The van der Waals surface area contributed by atoms with Gasteiger partial charge in [-0.25, -0.2) is 9.97 Å². The third-order valence-corrected chi connectivity index (χ3v) is 6.10. The van der Waals surface area contributed by atoms with E-state index in [1.807, 2.05) is 6.07 Å². The number of benzene rings is 1. The Labute approximate surface area is 159 Å². The molecule has 2 aliphatic rings. The average Bonchev–Trinajstić information content (AvgIpc) is 3.24. The molecule has 5 rings (SSSR count). The predicted octanol–water partition coefficient (Wildman–Crippen LogP) is 3.39. The number of nitrogens with zero attached hydrogens (tertiary/aromatic N) is 4. The van der Waals surface area contributed by atoms with E-state index in [9.17, 15) is 5.11 Å². The third-order valence-electron chi connectivity index (χ3n) is 6.10. The molecule has 1 N–H and O–H groups in total. The maximum atomic E-state index is 9.70. The number of hydrogen-bond acceptors (Lipinski definition) is 4. The summed E-state index contributed by atoms with van der Waals surface area (Å²) in [6.45, 7) is 4.44. The van der Waals surface area contributed by atoms with Gasteiger partial charge < -0.3 is 10.0 Å². The largest absolute Gasteiger partial charge is 0.396 e. The molecule has 1 aromatic carbocycles. The van der Waals surface area contributed by atoms with Crippen LogP contribution in [0.2, 0.25) is 0 Å². The Balaban J connectivity index is 0.00000168. The average molecular weight is 373 g/mol. The molecule has 6 heteroatoms. The van der Waals surface area contributed by atoms with E-state index in [1.165, 1.54) is 23.5 Å². The molecule has 0 spiro atoms. The number of aliphatic hydroxyl groups is 1. The molecule has 1 fully saturated rings. The van der Waals surface area contributed by atoms with Gasteiger partial charge in [-0.2, -0.15) is 0 Å². The lowest BCUT2D eigenvalue weighted by Gasteiger charge is -2.40. The fourth-order valence-electron chi connectivity index (χ4n) is 4.39. The summed E-state index contributed by atoms with van der Waals surface area (Å²) in [5.74, 6) is 2.12. The van der Waals surface area contributed by atoms with Crippen molar-refractivity contribution < 1.29 is 5.11 Å². The fourth-order valence-corrected chi connectivity index (χ4v) is 4.39. The van der Waals surface area contributed by atoms with E-state index in [2.05, 4.69) is 34.4 Å². The molecular weight excluding hydrogens is 348 g/mol. The molecule has 0 amide bonds.